The molecule has 2 heterocycles. The van der Waals surface area contributed by atoms with Gasteiger partial charge in [0.15, 0.2) is 0 Å². The van der Waals surface area contributed by atoms with Crippen LogP contribution in [-0.2, 0) is 11.3 Å². The summed E-state index contributed by atoms with van der Waals surface area (Å²) in [6.45, 7) is 7.69. The number of piperidine rings is 1. The van der Waals surface area contributed by atoms with Crippen LogP contribution >= 0.6 is 0 Å². The average molecular weight is 264 g/mol. The van der Waals surface area contributed by atoms with Crippen LogP contribution in [0.4, 0.5) is 0 Å². The lowest BCUT2D eigenvalue weighted by Crippen LogP contribution is -2.29. The Morgan fingerprint density at radius 2 is 2.05 bits per heavy atom. The summed E-state index contributed by atoms with van der Waals surface area (Å²) in [5.41, 5.74) is 3.14. The van der Waals surface area contributed by atoms with E-state index in [-0.39, 0.29) is 0 Å². The second-order valence-electron chi connectivity index (χ2n) is 5.25. The fraction of sp³-hybridized carbons (Fsp3) is 0.667. The first-order valence-corrected chi connectivity index (χ1v) is 7.00. The Morgan fingerprint density at radius 1 is 1.32 bits per heavy atom. The highest BCUT2D eigenvalue weighted by Crippen LogP contribution is 2.24. The van der Waals surface area contributed by atoms with Crippen LogP contribution in [0, 0.1) is 19.8 Å². The predicted octanol–water partition coefficient (Wildman–Crippen LogP) is 2.22. The molecule has 106 valence electrons. The number of methoxy groups -OCH3 is 1. The van der Waals surface area contributed by atoms with Crippen LogP contribution in [0.1, 0.15) is 29.7 Å². The van der Waals surface area contributed by atoms with E-state index in [2.05, 4.69) is 10.3 Å². The molecule has 0 amide bonds. The van der Waals surface area contributed by atoms with Crippen molar-refractivity contribution in [1.82, 2.24) is 10.3 Å². The van der Waals surface area contributed by atoms with Crippen molar-refractivity contribution in [3.05, 3.63) is 23.0 Å². The summed E-state index contributed by atoms with van der Waals surface area (Å²) in [7, 11) is 1.70. The number of aromatic nitrogens is 1. The molecular formula is C15H24N2O2. The zero-order chi connectivity index (χ0) is 13.7. The molecule has 1 aliphatic heterocycles. The average Bonchev–Trinajstić information content (AvgIpc) is 2.43. The quantitative estimate of drug-likeness (QED) is 0.885. The van der Waals surface area contributed by atoms with E-state index in [0.29, 0.717) is 12.5 Å². The lowest BCUT2D eigenvalue weighted by molar-refractivity contribution is 0.0739. The molecule has 4 heteroatoms. The molecule has 1 N–H and O–H groups in total. The lowest BCUT2D eigenvalue weighted by atomic mass is 9.99. The van der Waals surface area contributed by atoms with Gasteiger partial charge in [-0.3, -0.25) is 4.98 Å². The van der Waals surface area contributed by atoms with Crippen LogP contribution in [0.25, 0.3) is 0 Å². The molecule has 0 aromatic carbocycles. The fourth-order valence-electron chi connectivity index (χ4n) is 2.59. The van der Waals surface area contributed by atoms with Crippen LogP contribution in [0.15, 0.2) is 6.20 Å². The molecule has 0 atom stereocenters. The van der Waals surface area contributed by atoms with Crippen molar-refractivity contribution in [3.8, 4) is 5.75 Å². The molecule has 1 saturated heterocycles. The second-order valence-corrected chi connectivity index (χ2v) is 5.25. The molecule has 1 aromatic rings. The van der Waals surface area contributed by atoms with Crippen molar-refractivity contribution in [3.63, 3.8) is 0 Å². The van der Waals surface area contributed by atoms with Gasteiger partial charge in [0.1, 0.15) is 5.75 Å². The van der Waals surface area contributed by atoms with E-state index in [4.69, 9.17) is 9.47 Å². The molecule has 4 nitrogen and oxygen atoms in total. The molecule has 1 fully saturated rings. The van der Waals surface area contributed by atoms with Crippen LogP contribution in [-0.4, -0.2) is 31.8 Å². The highest BCUT2D eigenvalue weighted by atomic mass is 16.5. The van der Waals surface area contributed by atoms with E-state index in [1.54, 1.807) is 7.11 Å². The van der Waals surface area contributed by atoms with E-state index in [0.717, 1.165) is 42.3 Å². The van der Waals surface area contributed by atoms with Gasteiger partial charge in [-0.05, 0) is 45.7 Å². The number of ether oxygens (including phenoxy) is 2. The van der Waals surface area contributed by atoms with E-state index < -0.39 is 0 Å². The first kappa shape index (κ1) is 14.3. The molecule has 1 aromatic heterocycles. The lowest BCUT2D eigenvalue weighted by Gasteiger charge is -2.22. The normalized spacial score (nSPS) is 16.6. The minimum Gasteiger partial charge on any atom is -0.496 e. The third-order valence-electron chi connectivity index (χ3n) is 3.80. The monoisotopic (exact) mass is 264 g/mol. The number of rotatable bonds is 5. The van der Waals surface area contributed by atoms with Gasteiger partial charge in [-0.15, -0.1) is 0 Å². The maximum atomic E-state index is 5.83. The van der Waals surface area contributed by atoms with Crippen molar-refractivity contribution < 1.29 is 9.47 Å². The van der Waals surface area contributed by atoms with E-state index >= 15 is 0 Å². The van der Waals surface area contributed by atoms with Gasteiger partial charge < -0.3 is 14.8 Å². The standard InChI is InChI=1S/C15H24N2O2/c1-11-8-17-14(12(2)15(11)18-3)10-19-9-13-4-6-16-7-5-13/h8,13,16H,4-7,9-10H2,1-3H3. The van der Waals surface area contributed by atoms with Gasteiger partial charge >= 0.3 is 0 Å². The SMILES string of the molecule is COc1c(C)cnc(COCC2CCNCC2)c1C. The number of aryl methyl sites for hydroxylation is 1. The molecule has 0 saturated carbocycles. The molecule has 1 aliphatic rings. The summed E-state index contributed by atoms with van der Waals surface area (Å²) < 4.78 is 11.2. The summed E-state index contributed by atoms with van der Waals surface area (Å²) in [6, 6.07) is 0. The van der Waals surface area contributed by atoms with Crippen molar-refractivity contribution in [2.75, 3.05) is 26.8 Å². The van der Waals surface area contributed by atoms with Crippen LogP contribution in [0.5, 0.6) is 5.75 Å². The minimum atomic E-state index is 0.576. The third kappa shape index (κ3) is 3.67. The van der Waals surface area contributed by atoms with E-state index in [1.807, 2.05) is 20.0 Å². The first-order valence-electron chi connectivity index (χ1n) is 7.00. The van der Waals surface area contributed by atoms with Gasteiger partial charge in [-0.1, -0.05) is 0 Å². The zero-order valence-electron chi connectivity index (χ0n) is 12.2. The summed E-state index contributed by atoms with van der Waals surface area (Å²) in [4.78, 5) is 4.45. The molecule has 0 unspecified atom stereocenters. The first-order chi connectivity index (χ1) is 9.22. The van der Waals surface area contributed by atoms with Gasteiger partial charge in [0.05, 0.1) is 26.0 Å². The number of pyridine rings is 1. The Kier molecular flexibility index (Phi) is 5.16. The van der Waals surface area contributed by atoms with Gasteiger partial charge in [0.25, 0.3) is 0 Å². The summed E-state index contributed by atoms with van der Waals surface area (Å²) in [5, 5.41) is 3.37. The Hall–Kier alpha value is -1.13. The van der Waals surface area contributed by atoms with E-state index in [9.17, 15) is 0 Å². The minimum absolute atomic E-state index is 0.576. The third-order valence-corrected chi connectivity index (χ3v) is 3.80. The Balaban J connectivity index is 1.88. The topological polar surface area (TPSA) is 43.4 Å². The fourth-order valence-corrected chi connectivity index (χ4v) is 2.59. The molecule has 2 rings (SSSR count). The number of nitrogens with one attached hydrogen (secondary N) is 1. The maximum Gasteiger partial charge on any atom is 0.128 e. The number of hydrogen-bond acceptors (Lipinski definition) is 4. The van der Waals surface area contributed by atoms with Crippen molar-refractivity contribution in [2.45, 2.75) is 33.3 Å². The number of nitrogens with zero attached hydrogens (tertiary/aromatic N) is 1. The Labute approximate surface area is 115 Å². The van der Waals surface area contributed by atoms with Crippen molar-refractivity contribution >= 4 is 0 Å². The van der Waals surface area contributed by atoms with Crippen LogP contribution < -0.4 is 10.1 Å². The smallest absolute Gasteiger partial charge is 0.128 e. The van der Waals surface area contributed by atoms with Crippen molar-refractivity contribution in [1.29, 1.82) is 0 Å². The van der Waals surface area contributed by atoms with Crippen LogP contribution in [0.3, 0.4) is 0 Å². The van der Waals surface area contributed by atoms with Crippen molar-refractivity contribution in [2.24, 2.45) is 5.92 Å². The second kappa shape index (κ2) is 6.87. The molecule has 0 spiro atoms. The van der Waals surface area contributed by atoms with Gasteiger partial charge in [-0.25, -0.2) is 0 Å². The summed E-state index contributed by atoms with van der Waals surface area (Å²) in [5.74, 6) is 1.62. The van der Waals surface area contributed by atoms with Crippen LogP contribution in [0.2, 0.25) is 0 Å². The largest absolute Gasteiger partial charge is 0.496 e. The molecule has 0 radical (unpaired) electrons. The van der Waals surface area contributed by atoms with Gasteiger partial charge in [-0.2, -0.15) is 0 Å². The Morgan fingerprint density at radius 3 is 2.74 bits per heavy atom. The highest BCUT2D eigenvalue weighted by molar-refractivity contribution is 5.40. The van der Waals surface area contributed by atoms with Gasteiger partial charge in [0.2, 0.25) is 0 Å². The summed E-state index contributed by atoms with van der Waals surface area (Å²) >= 11 is 0. The summed E-state index contributed by atoms with van der Waals surface area (Å²) in [6.07, 6.45) is 4.28. The molecule has 0 bridgehead atoms. The molecular weight excluding hydrogens is 240 g/mol. The number of hydrogen-bond donors (Lipinski definition) is 1. The highest BCUT2D eigenvalue weighted by Gasteiger charge is 2.14. The Bertz CT molecular complexity index is 415. The molecule has 19 heavy (non-hydrogen) atoms. The maximum absolute atomic E-state index is 5.83. The molecule has 0 aliphatic carbocycles. The van der Waals surface area contributed by atoms with E-state index in [1.165, 1.54) is 12.8 Å². The zero-order valence-corrected chi connectivity index (χ0v) is 12.2. The van der Waals surface area contributed by atoms with Gasteiger partial charge in [0, 0.05) is 17.3 Å². The predicted molar refractivity (Wildman–Crippen MR) is 75.5 cm³/mol.